The molecule has 0 saturated heterocycles. The molecular weight excluding hydrogens is 534 g/mol. The van der Waals surface area contributed by atoms with Crippen LogP contribution in [-0.2, 0) is 26.2 Å². The Balaban J connectivity index is 1.68. The van der Waals surface area contributed by atoms with E-state index in [4.69, 9.17) is 11.6 Å². The second-order valence-corrected chi connectivity index (χ2v) is 12.2. The van der Waals surface area contributed by atoms with Gasteiger partial charge in [0.1, 0.15) is 12.6 Å². The van der Waals surface area contributed by atoms with E-state index < -0.39 is 28.5 Å². The Morgan fingerprint density at radius 2 is 1.56 bits per heavy atom. The van der Waals surface area contributed by atoms with Gasteiger partial charge in [0.05, 0.1) is 10.6 Å². The third-order valence-electron chi connectivity index (χ3n) is 7.10. The van der Waals surface area contributed by atoms with Gasteiger partial charge in [0.15, 0.2) is 0 Å². The number of sulfonamides is 1. The Morgan fingerprint density at radius 1 is 0.949 bits per heavy atom. The van der Waals surface area contributed by atoms with Crippen LogP contribution in [0.1, 0.15) is 43.7 Å². The Morgan fingerprint density at radius 3 is 2.21 bits per heavy atom. The van der Waals surface area contributed by atoms with E-state index in [0.29, 0.717) is 16.3 Å². The predicted octanol–water partition coefficient (Wildman–Crippen LogP) is 5.32. The van der Waals surface area contributed by atoms with Gasteiger partial charge in [-0.05, 0) is 62.6 Å². The normalized spacial score (nSPS) is 14.5. The summed E-state index contributed by atoms with van der Waals surface area (Å²) in [6, 6.07) is 21.3. The van der Waals surface area contributed by atoms with Crippen LogP contribution in [0.15, 0.2) is 83.8 Å². The SMILES string of the molecule is Cc1ccc(N(CC(=O)N(Cc2ccccc2Cl)C(C)C(=O)NC2CCCC2)S(=O)(=O)c2ccccc2)cc1. The first-order chi connectivity index (χ1) is 18.7. The van der Waals surface area contributed by atoms with E-state index in [0.717, 1.165) is 35.6 Å². The zero-order chi connectivity index (χ0) is 28.0. The minimum Gasteiger partial charge on any atom is -0.352 e. The maximum atomic E-state index is 14.0. The van der Waals surface area contributed by atoms with Crippen LogP contribution < -0.4 is 9.62 Å². The Kier molecular flexibility index (Phi) is 9.30. The average molecular weight is 568 g/mol. The second kappa shape index (κ2) is 12.7. The number of rotatable bonds is 10. The van der Waals surface area contributed by atoms with Crippen LogP contribution in [0.2, 0.25) is 5.02 Å². The molecular formula is C30H34ClN3O4S. The molecule has 9 heteroatoms. The third-order valence-corrected chi connectivity index (χ3v) is 9.26. The fourth-order valence-electron chi connectivity index (χ4n) is 4.74. The van der Waals surface area contributed by atoms with Crippen LogP contribution >= 0.6 is 11.6 Å². The molecule has 4 rings (SSSR count). The summed E-state index contributed by atoms with van der Waals surface area (Å²) in [4.78, 5) is 28.7. The summed E-state index contributed by atoms with van der Waals surface area (Å²) in [5, 5.41) is 3.53. The van der Waals surface area contributed by atoms with Gasteiger partial charge in [-0.1, -0.05) is 78.5 Å². The first-order valence-electron chi connectivity index (χ1n) is 13.1. The maximum absolute atomic E-state index is 14.0. The Labute approximate surface area is 235 Å². The Bertz CT molecular complexity index is 1390. The van der Waals surface area contributed by atoms with Gasteiger partial charge < -0.3 is 10.2 Å². The van der Waals surface area contributed by atoms with Crippen molar-refractivity contribution < 1.29 is 18.0 Å². The monoisotopic (exact) mass is 567 g/mol. The van der Waals surface area contributed by atoms with Crippen LogP contribution in [0.3, 0.4) is 0 Å². The quantitative estimate of drug-likeness (QED) is 0.359. The molecule has 0 heterocycles. The third kappa shape index (κ3) is 6.99. The molecule has 39 heavy (non-hydrogen) atoms. The van der Waals surface area contributed by atoms with Crippen molar-refractivity contribution in [3.63, 3.8) is 0 Å². The number of benzene rings is 3. The number of anilines is 1. The van der Waals surface area contributed by atoms with Crippen LogP contribution in [0.4, 0.5) is 5.69 Å². The lowest BCUT2D eigenvalue weighted by Gasteiger charge is -2.32. The fraction of sp³-hybridized carbons (Fsp3) is 0.333. The first kappa shape index (κ1) is 28.6. The highest BCUT2D eigenvalue weighted by Crippen LogP contribution is 2.26. The lowest BCUT2D eigenvalue weighted by Crippen LogP contribution is -2.52. The molecule has 1 saturated carbocycles. The number of amides is 2. The molecule has 7 nitrogen and oxygen atoms in total. The highest BCUT2D eigenvalue weighted by atomic mass is 35.5. The van der Waals surface area contributed by atoms with Gasteiger partial charge in [-0.25, -0.2) is 8.42 Å². The average Bonchev–Trinajstić information content (AvgIpc) is 3.45. The summed E-state index contributed by atoms with van der Waals surface area (Å²) in [5.41, 5.74) is 1.99. The summed E-state index contributed by atoms with van der Waals surface area (Å²) in [5.74, 6) is -0.779. The molecule has 0 aromatic heterocycles. The number of halogens is 1. The van der Waals surface area contributed by atoms with E-state index in [1.165, 1.54) is 17.0 Å². The summed E-state index contributed by atoms with van der Waals surface area (Å²) in [6.45, 7) is 3.15. The van der Waals surface area contributed by atoms with Crippen molar-refractivity contribution >= 4 is 39.1 Å². The molecule has 1 aliphatic rings. The van der Waals surface area contributed by atoms with E-state index in [2.05, 4.69) is 5.32 Å². The number of nitrogens with one attached hydrogen (secondary N) is 1. The smallest absolute Gasteiger partial charge is 0.264 e. The zero-order valence-corrected chi connectivity index (χ0v) is 23.8. The molecule has 1 N–H and O–H groups in total. The van der Waals surface area contributed by atoms with E-state index in [1.54, 1.807) is 67.6 Å². The van der Waals surface area contributed by atoms with Crippen LogP contribution in [0, 0.1) is 6.92 Å². The largest absolute Gasteiger partial charge is 0.352 e. The molecule has 1 atom stereocenters. The highest BCUT2D eigenvalue weighted by molar-refractivity contribution is 7.92. The number of carbonyl (C=O) groups is 2. The van der Waals surface area contributed by atoms with E-state index in [1.807, 2.05) is 13.0 Å². The standard InChI is InChI=1S/C30H34ClN3O4S/c1-22-16-18-26(19-17-22)34(39(37,38)27-13-4-3-5-14-27)21-29(35)33(20-24-10-6-9-15-28(24)31)23(2)30(36)32-25-11-7-8-12-25/h3-6,9-10,13-19,23,25H,7-8,11-12,20-21H2,1-2H3,(H,32,36). The van der Waals surface area contributed by atoms with Crippen LogP contribution in [0.5, 0.6) is 0 Å². The molecule has 1 fully saturated rings. The summed E-state index contributed by atoms with van der Waals surface area (Å²) < 4.78 is 28.7. The molecule has 1 aliphatic carbocycles. The van der Waals surface area contributed by atoms with Crippen molar-refractivity contribution in [2.75, 3.05) is 10.8 Å². The molecule has 0 radical (unpaired) electrons. The maximum Gasteiger partial charge on any atom is 0.264 e. The minimum absolute atomic E-state index is 0.0604. The minimum atomic E-state index is -4.08. The predicted molar refractivity (Wildman–Crippen MR) is 154 cm³/mol. The lowest BCUT2D eigenvalue weighted by molar-refractivity contribution is -0.139. The van der Waals surface area contributed by atoms with E-state index >= 15 is 0 Å². The van der Waals surface area contributed by atoms with Crippen molar-refractivity contribution in [1.82, 2.24) is 10.2 Å². The van der Waals surface area contributed by atoms with E-state index in [9.17, 15) is 18.0 Å². The number of hydrogen-bond donors (Lipinski definition) is 1. The molecule has 0 aliphatic heterocycles. The van der Waals surface area contributed by atoms with Crippen molar-refractivity contribution in [3.05, 3.63) is 95.0 Å². The number of nitrogens with zero attached hydrogens (tertiary/aromatic N) is 2. The van der Waals surface area contributed by atoms with Gasteiger partial charge in [0.2, 0.25) is 11.8 Å². The van der Waals surface area contributed by atoms with Gasteiger partial charge in [-0.15, -0.1) is 0 Å². The van der Waals surface area contributed by atoms with Crippen molar-refractivity contribution in [2.45, 2.75) is 63.1 Å². The molecule has 1 unspecified atom stereocenters. The topological polar surface area (TPSA) is 86.8 Å². The van der Waals surface area contributed by atoms with E-state index in [-0.39, 0.29) is 23.4 Å². The van der Waals surface area contributed by atoms with Gasteiger partial charge in [0, 0.05) is 17.6 Å². The Hall–Kier alpha value is -3.36. The number of carbonyl (C=O) groups excluding carboxylic acids is 2. The first-order valence-corrected chi connectivity index (χ1v) is 15.0. The van der Waals surface area contributed by atoms with Crippen molar-refractivity contribution in [2.24, 2.45) is 0 Å². The van der Waals surface area contributed by atoms with Crippen molar-refractivity contribution in [3.8, 4) is 0 Å². The summed E-state index contributed by atoms with van der Waals surface area (Å²) in [6.07, 6.45) is 3.94. The zero-order valence-electron chi connectivity index (χ0n) is 22.2. The molecule has 3 aromatic rings. The summed E-state index contributed by atoms with van der Waals surface area (Å²) in [7, 11) is -4.08. The second-order valence-electron chi connectivity index (χ2n) is 9.94. The summed E-state index contributed by atoms with van der Waals surface area (Å²) >= 11 is 6.42. The number of aryl methyl sites for hydroxylation is 1. The van der Waals surface area contributed by atoms with Crippen LogP contribution in [-0.4, -0.2) is 43.8 Å². The molecule has 206 valence electrons. The molecule has 0 spiro atoms. The molecule has 3 aromatic carbocycles. The molecule has 2 amide bonds. The molecule has 0 bridgehead atoms. The van der Waals surface area contributed by atoms with Gasteiger partial charge in [-0.3, -0.25) is 13.9 Å². The van der Waals surface area contributed by atoms with Gasteiger partial charge in [-0.2, -0.15) is 0 Å². The van der Waals surface area contributed by atoms with Gasteiger partial charge in [0.25, 0.3) is 10.0 Å². The highest BCUT2D eigenvalue weighted by Gasteiger charge is 2.33. The number of hydrogen-bond acceptors (Lipinski definition) is 4. The lowest BCUT2D eigenvalue weighted by atomic mass is 10.1. The van der Waals surface area contributed by atoms with Crippen LogP contribution in [0.25, 0.3) is 0 Å². The van der Waals surface area contributed by atoms with Gasteiger partial charge >= 0.3 is 0 Å². The van der Waals surface area contributed by atoms with Crippen molar-refractivity contribution in [1.29, 1.82) is 0 Å². The fourth-order valence-corrected chi connectivity index (χ4v) is 6.37.